The molecule has 0 radical (unpaired) electrons. The molecule has 21 heavy (non-hydrogen) atoms. The van der Waals surface area contributed by atoms with E-state index >= 15 is 0 Å². The van der Waals surface area contributed by atoms with Crippen LogP contribution in [0.2, 0.25) is 0 Å². The van der Waals surface area contributed by atoms with Crippen LogP contribution in [0.3, 0.4) is 0 Å². The molecule has 0 fully saturated rings. The van der Waals surface area contributed by atoms with Crippen LogP contribution in [0.15, 0.2) is 42.5 Å². The summed E-state index contributed by atoms with van der Waals surface area (Å²) in [6.07, 6.45) is 0. The van der Waals surface area contributed by atoms with Gasteiger partial charge in [0.25, 0.3) is 0 Å². The standard InChI is InChI=1S/C17H18N2O2/c1-11-5-6-12-9-18-10-16(15(12)7-11)17(21)19-13-3-2-4-14(20)8-13/h2-8,16,18,20H,9-10H2,1H3,(H,19,21). The minimum atomic E-state index is -0.212. The number of aryl methyl sites for hydroxylation is 1. The van der Waals surface area contributed by atoms with Gasteiger partial charge in [0, 0.05) is 24.8 Å². The fourth-order valence-electron chi connectivity index (χ4n) is 2.71. The topological polar surface area (TPSA) is 61.4 Å². The van der Waals surface area contributed by atoms with E-state index in [0.29, 0.717) is 12.2 Å². The molecule has 1 aliphatic rings. The molecule has 2 aromatic carbocycles. The minimum Gasteiger partial charge on any atom is -0.508 e. The number of hydrogen-bond donors (Lipinski definition) is 3. The number of anilines is 1. The van der Waals surface area contributed by atoms with E-state index in [9.17, 15) is 9.90 Å². The third-order valence-electron chi connectivity index (χ3n) is 3.77. The lowest BCUT2D eigenvalue weighted by molar-refractivity contribution is -0.117. The molecule has 3 N–H and O–H groups in total. The second-order valence-electron chi connectivity index (χ2n) is 5.43. The van der Waals surface area contributed by atoms with Crippen molar-refractivity contribution >= 4 is 11.6 Å². The predicted molar refractivity (Wildman–Crippen MR) is 82.4 cm³/mol. The van der Waals surface area contributed by atoms with E-state index in [-0.39, 0.29) is 17.6 Å². The summed E-state index contributed by atoms with van der Waals surface area (Å²) in [6.45, 7) is 3.46. The Morgan fingerprint density at radius 1 is 1.29 bits per heavy atom. The summed E-state index contributed by atoms with van der Waals surface area (Å²) in [4.78, 5) is 12.5. The molecule has 0 aromatic heterocycles. The molecular formula is C17H18N2O2. The van der Waals surface area contributed by atoms with E-state index in [2.05, 4.69) is 28.8 Å². The number of rotatable bonds is 2. The summed E-state index contributed by atoms with van der Waals surface area (Å²) in [6, 6.07) is 12.8. The molecule has 0 aliphatic carbocycles. The van der Waals surface area contributed by atoms with E-state index in [4.69, 9.17) is 0 Å². The average molecular weight is 282 g/mol. The highest BCUT2D eigenvalue weighted by Gasteiger charge is 2.26. The van der Waals surface area contributed by atoms with Gasteiger partial charge < -0.3 is 15.7 Å². The number of carbonyl (C=O) groups is 1. The quantitative estimate of drug-likeness (QED) is 0.793. The maximum atomic E-state index is 12.5. The molecule has 0 saturated heterocycles. The van der Waals surface area contributed by atoms with E-state index in [1.807, 2.05) is 6.92 Å². The zero-order valence-corrected chi connectivity index (χ0v) is 11.9. The molecule has 1 aliphatic heterocycles. The fourth-order valence-corrected chi connectivity index (χ4v) is 2.71. The van der Waals surface area contributed by atoms with Gasteiger partial charge in [-0.2, -0.15) is 0 Å². The van der Waals surface area contributed by atoms with E-state index in [0.717, 1.165) is 17.7 Å². The van der Waals surface area contributed by atoms with Crippen LogP contribution in [-0.4, -0.2) is 17.6 Å². The lowest BCUT2D eigenvalue weighted by Crippen LogP contribution is -2.35. The maximum absolute atomic E-state index is 12.5. The van der Waals surface area contributed by atoms with Gasteiger partial charge in [-0.15, -0.1) is 0 Å². The number of benzene rings is 2. The van der Waals surface area contributed by atoms with E-state index in [1.165, 1.54) is 5.56 Å². The SMILES string of the molecule is Cc1ccc2c(c1)C(C(=O)Nc1cccc(O)c1)CNC2. The number of phenolic OH excluding ortho intramolecular Hbond substituents is 1. The number of aromatic hydroxyl groups is 1. The number of carbonyl (C=O) groups excluding carboxylic acids is 1. The summed E-state index contributed by atoms with van der Waals surface area (Å²) in [5.41, 5.74) is 4.03. The molecule has 108 valence electrons. The first-order chi connectivity index (χ1) is 10.1. The van der Waals surface area contributed by atoms with Crippen molar-refractivity contribution in [3.63, 3.8) is 0 Å². The van der Waals surface area contributed by atoms with Gasteiger partial charge in [-0.3, -0.25) is 4.79 Å². The summed E-state index contributed by atoms with van der Waals surface area (Å²) in [5, 5.41) is 15.6. The normalized spacial score (nSPS) is 17.1. The van der Waals surface area contributed by atoms with Gasteiger partial charge in [0.15, 0.2) is 0 Å². The van der Waals surface area contributed by atoms with Gasteiger partial charge in [-0.1, -0.05) is 29.8 Å². The van der Waals surface area contributed by atoms with Gasteiger partial charge in [0.2, 0.25) is 5.91 Å². The van der Waals surface area contributed by atoms with Crippen LogP contribution in [0.4, 0.5) is 5.69 Å². The number of fused-ring (bicyclic) bond motifs is 1. The van der Waals surface area contributed by atoms with Crippen molar-refractivity contribution < 1.29 is 9.90 Å². The Balaban J connectivity index is 1.85. The molecule has 3 rings (SSSR count). The van der Waals surface area contributed by atoms with Gasteiger partial charge in [-0.05, 0) is 30.2 Å². The molecule has 1 amide bonds. The first-order valence-electron chi connectivity index (χ1n) is 7.03. The monoisotopic (exact) mass is 282 g/mol. The summed E-state index contributed by atoms with van der Waals surface area (Å²) in [5.74, 6) is -0.124. The zero-order valence-electron chi connectivity index (χ0n) is 11.9. The number of nitrogens with one attached hydrogen (secondary N) is 2. The van der Waals surface area contributed by atoms with Crippen LogP contribution < -0.4 is 10.6 Å². The summed E-state index contributed by atoms with van der Waals surface area (Å²) in [7, 11) is 0. The maximum Gasteiger partial charge on any atom is 0.233 e. The largest absolute Gasteiger partial charge is 0.508 e. The Morgan fingerprint density at radius 2 is 2.14 bits per heavy atom. The van der Waals surface area contributed by atoms with Crippen LogP contribution in [0.1, 0.15) is 22.6 Å². The Kier molecular flexibility index (Phi) is 3.62. The number of hydrogen-bond acceptors (Lipinski definition) is 3. The summed E-state index contributed by atoms with van der Waals surface area (Å²) < 4.78 is 0. The highest BCUT2D eigenvalue weighted by atomic mass is 16.3. The molecule has 4 nitrogen and oxygen atoms in total. The highest BCUT2D eigenvalue weighted by Crippen LogP contribution is 2.27. The van der Waals surface area contributed by atoms with Gasteiger partial charge in [-0.25, -0.2) is 0 Å². The molecule has 1 atom stereocenters. The first-order valence-corrected chi connectivity index (χ1v) is 7.03. The summed E-state index contributed by atoms with van der Waals surface area (Å²) >= 11 is 0. The van der Waals surface area contributed by atoms with Crippen LogP contribution >= 0.6 is 0 Å². The molecule has 4 heteroatoms. The number of phenols is 1. The second-order valence-corrected chi connectivity index (χ2v) is 5.43. The van der Waals surface area contributed by atoms with Crippen molar-refractivity contribution in [3.05, 3.63) is 59.2 Å². The molecular weight excluding hydrogens is 264 g/mol. The molecule has 0 bridgehead atoms. The van der Waals surface area contributed by atoms with Crippen molar-refractivity contribution in [1.29, 1.82) is 0 Å². The minimum absolute atomic E-state index is 0.0559. The fraction of sp³-hybridized carbons (Fsp3) is 0.235. The number of amides is 1. The van der Waals surface area contributed by atoms with Gasteiger partial charge in [0.1, 0.15) is 5.75 Å². The van der Waals surface area contributed by atoms with Crippen molar-refractivity contribution in [2.24, 2.45) is 0 Å². The van der Waals surface area contributed by atoms with Crippen molar-refractivity contribution in [2.75, 3.05) is 11.9 Å². The van der Waals surface area contributed by atoms with Crippen LogP contribution in [0.5, 0.6) is 5.75 Å². The second kappa shape index (κ2) is 5.58. The predicted octanol–water partition coefficient (Wildman–Crippen LogP) is 2.53. The Hall–Kier alpha value is -2.33. The molecule has 0 spiro atoms. The van der Waals surface area contributed by atoms with Gasteiger partial charge in [0.05, 0.1) is 5.92 Å². The first kappa shape index (κ1) is 13.6. The Labute approximate surface area is 123 Å². The van der Waals surface area contributed by atoms with E-state index < -0.39 is 0 Å². The highest BCUT2D eigenvalue weighted by molar-refractivity contribution is 5.96. The van der Waals surface area contributed by atoms with Gasteiger partial charge >= 0.3 is 0 Å². The average Bonchev–Trinajstić information content (AvgIpc) is 2.46. The van der Waals surface area contributed by atoms with E-state index in [1.54, 1.807) is 24.3 Å². The zero-order chi connectivity index (χ0) is 14.8. The Morgan fingerprint density at radius 3 is 2.95 bits per heavy atom. The molecule has 1 heterocycles. The lowest BCUT2D eigenvalue weighted by Gasteiger charge is -2.26. The third kappa shape index (κ3) is 2.90. The smallest absolute Gasteiger partial charge is 0.233 e. The molecule has 2 aromatic rings. The third-order valence-corrected chi connectivity index (χ3v) is 3.77. The molecule has 0 saturated carbocycles. The van der Waals surface area contributed by atoms with Crippen LogP contribution in [0.25, 0.3) is 0 Å². The lowest BCUT2D eigenvalue weighted by atomic mass is 9.89. The van der Waals surface area contributed by atoms with Crippen molar-refractivity contribution in [3.8, 4) is 5.75 Å². The van der Waals surface area contributed by atoms with Crippen molar-refractivity contribution in [2.45, 2.75) is 19.4 Å². The Bertz CT molecular complexity index is 682. The van der Waals surface area contributed by atoms with Crippen molar-refractivity contribution in [1.82, 2.24) is 5.32 Å². The van der Waals surface area contributed by atoms with Crippen LogP contribution in [-0.2, 0) is 11.3 Å². The van der Waals surface area contributed by atoms with Crippen LogP contribution in [0, 0.1) is 6.92 Å². The molecule has 1 unspecified atom stereocenters.